The zero-order valence-corrected chi connectivity index (χ0v) is 15.0. The topological polar surface area (TPSA) is 59.7 Å². The molecule has 3 aromatic rings. The Morgan fingerprint density at radius 3 is 2.50 bits per heavy atom. The van der Waals surface area contributed by atoms with Crippen molar-refractivity contribution in [1.82, 2.24) is 14.6 Å². The maximum absolute atomic E-state index is 10.5. The zero-order valence-electron chi connectivity index (χ0n) is 15.0. The summed E-state index contributed by atoms with van der Waals surface area (Å²) in [6.07, 6.45) is 7.55. The Hall–Kier alpha value is -2.40. The van der Waals surface area contributed by atoms with Gasteiger partial charge >= 0.3 is 0 Å². The van der Waals surface area contributed by atoms with E-state index in [9.17, 15) is 5.11 Å². The summed E-state index contributed by atoms with van der Waals surface area (Å²) in [7, 11) is 0. The van der Waals surface area contributed by atoms with Crippen molar-refractivity contribution >= 4 is 5.65 Å². The van der Waals surface area contributed by atoms with E-state index in [1.165, 1.54) is 0 Å². The first kappa shape index (κ1) is 15.8. The summed E-state index contributed by atoms with van der Waals surface area (Å²) < 4.78 is 8.19. The molecule has 134 valence electrons. The number of aryl methyl sites for hydroxylation is 1. The fourth-order valence-corrected chi connectivity index (χ4v) is 4.64. The molecule has 2 heterocycles. The smallest absolute Gasteiger partial charge is 0.203 e. The summed E-state index contributed by atoms with van der Waals surface area (Å²) in [6.45, 7) is 2.05. The number of hydrogen-bond acceptors (Lipinski definition) is 4. The van der Waals surface area contributed by atoms with Crippen LogP contribution in [0.15, 0.2) is 42.6 Å². The molecule has 3 saturated carbocycles. The standard InChI is InChI=1S/C21H23N3O2/c1-15-4-2-5-16(14-15)26-17-6-3-13-24-18(17)22-23-19(24)20-7-10-21(25,11-8-20)12-9-20/h2-6,13-14,25H,7-12H2,1H3. The Morgan fingerprint density at radius 2 is 1.77 bits per heavy atom. The van der Waals surface area contributed by atoms with Gasteiger partial charge in [-0.3, -0.25) is 4.40 Å². The molecule has 0 aliphatic heterocycles. The largest absolute Gasteiger partial charge is 0.453 e. The number of rotatable bonds is 3. The Balaban J connectivity index is 1.54. The molecule has 5 heteroatoms. The van der Waals surface area contributed by atoms with E-state index in [1.54, 1.807) is 0 Å². The summed E-state index contributed by atoms with van der Waals surface area (Å²) in [5.74, 6) is 2.54. The van der Waals surface area contributed by atoms with Crippen molar-refractivity contribution in [3.8, 4) is 11.5 Å². The van der Waals surface area contributed by atoms with Crippen LogP contribution in [0, 0.1) is 6.92 Å². The molecule has 3 aliphatic carbocycles. The number of nitrogens with zero attached hydrogens (tertiary/aromatic N) is 3. The minimum absolute atomic E-state index is 0.0336. The highest BCUT2D eigenvalue weighted by atomic mass is 16.5. The number of pyridine rings is 1. The summed E-state index contributed by atoms with van der Waals surface area (Å²) in [4.78, 5) is 0. The van der Waals surface area contributed by atoms with Gasteiger partial charge in [0.2, 0.25) is 5.65 Å². The van der Waals surface area contributed by atoms with Gasteiger partial charge in [-0.05, 0) is 75.3 Å². The van der Waals surface area contributed by atoms with Gasteiger partial charge in [0.25, 0.3) is 0 Å². The highest BCUT2D eigenvalue weighted by Gasteiger charge is 2.50. The SMILES string of the molecule is Cc1cccc(Oc2cccn3c(C45CCC(O)(CC4)CC5)nnc23)c1. The van der Waals surface area contributed by atoms with Gasteiger partial charge in [-0.15, -0.1) is 10.2 Å². The molecule has 1 aromatic carbocycles. The predicted molar refractivity (Wildman–Crippen MR) is 98.6 cm³/mol. The minimum Gasteiger partial charge on any atom is -0.453 e. The van der Waals surface area contributed by atoms with E-state index < -0.39 is 5.60 Å². The number of aliphatic hydroxyl groups is 1. The second-order valence-electron chi connectivity index (χ2n) is 8.01. The molecule has 3 aliphatic rings. The van der Waals surface area contributed by atoms with Crippen molar-refractivity contribution in [3.05, 3.63) is 54.0 Å². The molecule has 3 fully saturated rings. The van der Waals surface area contributed by atoms with Gasteiger partial charge in [-0.1, -0.05) is 12.1 Å². The van der Waals surface area contributed by atoms with Crippen molar-refractivity contribution in [2.45, 2.75) is 56.5 Å². The van der Waals surface area contributed by atoms with Gasteiger partial charge in [0.1, 0.15) is 11.6 Å². The van der Waals surface area contributed by atoms with Crippen molar-refractivity contribution in [2.24, 2.45) is 0 Å². The first-order chi connectivity index (χ1) is 12.6. The monoisotopic (exact) mass is 349 g/mol. The van der Waals surface area contributed by atoms with E-state index in [4.69, 9.17) is 4.74 Å². The molecule has 0 amide bonds. The van der Waals surface area contributed by atoms with E-state index in [-0.39, 0.29) is 5.41 Å². The Kier molecular flexibility index (Phi) is 3.38. The molecule has 5 nitrogen and oxygen atoms in total. The molecule has 0 spiro atoms. The highest BCUT2D eigenvalue weighted by molar-refractivity contribution is 5.55. The van der Waals surface area contributed by atoms with Crippen LogP contribution in [0.5, 0.6) is 11.5 Å². The lowest BCUT2D eigenvalue weighted by atomic mass is 9.58. The van der Waals surface area contributed by atoms with Gasteiger partial charge < -0.3 is 9.84 Å². The molecular formula is C21H23N3O2. The van der Waals surface area contributed by atoms with Crippen LogP contribution < -0.4 is 4.74 Å². The van der Waals surface area contributed by atoms with Crippen molar-refractivity contribution < 1.29 is 9.84 Å². The van der Waals surface area contributed by atoms with Crippen LogP contribution in [-0.2, 0) is 5.41 Å². The number of ether oxygens (including phenoxy) is 1. The van der Waals surface area contributed by atoms with Crippen molar-refractivity contribution in [3.63, 3.8) is 0 Å². The number of fused-ring (bicyclic) bond motifs is 4. The zero-order chi connectivity index (χ0) is 17.8. The third-order valence-corrected chi connectivity index (χ3v) is 6.30. The number of hydrogen-bond donors (Lipinski definition) is 1. The van der Waals surface area contributed by atoms with Gasteiger partial charge in [0.05, 0.1) is 5.60 Å². The molecule has 2 aromatic heterocycles. The van der Waals surface area contributed by atoms with Gasteiger partial charge in [-0.25, -0.2) is 0 Å². The Labute approximate surface area is 152 Å². The molecule has 0 saturated heterocycles. The fourth-order valence-electron chi connectivity index (χ4n) is 4.64. The summed E-state index contributed by atoms with van der Waals surface area (Å²) >= 11 is 0. The number of aromatic nitrogens is 3. The lowest BCUT2D eigenvalue weighted by molar-refractivity contribution is -0.0682. The first-order valence-corrected chi connectivity index (χ1v) is 9.38. The average molecular weight is 349 g/mol. The summed E-state index contributed by atoms with van der Waals surface area (Å²) in [6, 6.07) is 11.9. The van der Waals surface area contributed by atoms with Crippen LogP contribution in [-0.4, -0.2) is 25.3 Å². The van der Waals surface area contributed by atoms with Gasteiger partial charge in [-0.2, -0.15) is 0 Å². The molecule has 2 bridgehead atoms. The Morgan fingerprint density at radius 1 is 1.00 bits per heavy atom. The lowest BCUT2D eigenvalue weighted by Crippen LogP contribution is -2.48. The normalized spacial score (nSPS) is 27.8. The van der Waals surface area contributed by atoms with Crippen LogP contribution >= 0.6 is 0 Å². The fraction of sp³-hybridized carbons (Fsp3) is 0.429. The van der Waals surface area contributed by atoms with E-state index in [1.807, 2.05) is 36.5 Å². The third-order valence-electron chi connectivity index (χ3n) is 6.30. The minimum atomic E-state index is -0.443. The summed E-state index contributed by atoms with van der Waals surface area (Å²) in [5.41, 5.74) is 1.50. The van der Waals surface area contributed by atoms with Crippen molar-refractivity contribution in [1.29, 1.82) is 0 Å². The first-order valence-electron chi connectivity index (χ1n) is 9.38. The lowest BCUT2D eigenvalue weighted by Gasteiger charge is -2.49. The van der Waals surface area contributed by atoms with Crippen molar-refractivity contribution in [2.75, 3.05) is 0 Å². The average Bonchev–Trinajstić information content (AvgIpc) is 3.09. The number of benzene rings is 1. The van der Waals surface area contributed by atoms with Crippen LogP contribution in [0.25, 0.3) is 5.65 Å². The van der Waals surface area contributed by atoms with Gasteiger partial charge in [0, 0.05) is 11.6 Å². The molecular weight excluding hydrogens is 326 g/mol. The molecule has 1 N–H and O–H groups in total. The molecule has 6 rings (SSSR count). The van der Waals surface area contributed by atoms with Crippen LogP contribution in [0.3, 0.4) is 0 Å². The van der Waals surface area contributed by atoms with Crippen LogP contribution in [0.2, 0.25) is 0 Å². The quantitative estimate of drug-likeness (QED) is 0.771. The third kappa shape index (κ3) is 2.42. The maximum Gasteiger partial charge on any atom is 0.203 e. The second kappa shape index (κ2) is 5.55. The molecule has 26 heavy (non-hydrogen) atoms. The van der Waals surface area contributed by atoms with E-state index in [0.717, 1.165) is 67.1 Å². The predicted octanol–water partition coefficient (Wildman–Crippen LogP) is 4.17. The van der Waals surface area contributed by atoms with Gasteiger partial charge in [0.15, 0.2) is 5.75 Å². The van der Waals surface area contributed by atoms with E-state index >= 15 is 0 Å². The van der Waals surface area contributed by atoms with Crippen LogP contribution in [0.4, 0.5) is 0 Å². The summed E-state index contributed by atoms with van der Waals surface area (Å²) in [5, 5.41) is 19.6. The highest BCUT2D eigenvalue weighted by Crippen LogP contribution is 2.53. The molecule has 0 radical (unpaired) electrons. The second-order valence-corrected chi connectivity index (χ2v) is 8.01. The maximum atomic E-state index is 10.5. The molecule has 0 unspecified atom stereocenters. The van der Waals surface area contributed by atoms with Crippen LogP contribution in [0.1, 0.15) is 49.9 Å². The van der Waals surface area contributed by atoms with E-state index in [2.05, 4.69) is 27.6 Å². The Bertz CT molecular complexity index is 954. The van der Waals surface area contributed by atoms with E-state index in [0.29, 0.717) is 0 Å². The molecule has 0 atom stereocenters.